The van der Waals surface area contributed by atoms with Crippen LogP contribution in [0.15, 0.2) is 71.7 Å². The monoisotopic (exact) mass is 317 g/mol. The van der Waals surface area contributed by atoms with E-state index in [2.05, 4.69) is 0 Å². The molecule has 0 unspecified atom stereocenters. The average Bonchev–Trinajstić information content (AvgIpc) is 2.62. The van der Waals surface area contributed by atoms with Crippen LogP contribution in [0.25, 0.3) is 16.8 Å². The standard InChI is InChI=1S/C18H11N3O3/c19-11-14-9-15(13-5-2-1-3-6-13)12-20(18(14)22)16-7-4-8-17(10-16)21(23)24/h1-10,12H. The fourth-order valence-electron chi connectivity index (χ4n) is 2.40. The number of pyridine rings is 1. The number of hydrogen-bond acceptors (Lipinski definition) is 4. The van der Waals surface area contributed by atoms with Crippen molar-refractivity contribution in [1.29, 1.82) is 5.26 Å². The van der Waals surface area contributed by atoms with Crippen LogP contribution in [0.3, 0.4) is 0 Å². The van der Waals surface area contributed by atoms with Gasteiger partial charge in [0.1, 0.15) is 11.6 Å². The highest BCUT2D eigenvalue weighted by Gasteiger charge is 2.12. The van der Waals surface area contributed by atoms with Crippen LogP contribution in [0.4, 0.5) is 5.69 Å². The fourth-order valence-corrected chi connectivity index (χ4v) is 2.40. The summed E-state index contributed by atoms with van der Waals surface area (Å²) in [4.78, 5) is 22.9. The van der Waals surface area contributed by atoms with E-state index in [9.17, 15) is 20.2 Å². The van der Waals surface area contributed by atoms with Gasteiger partial charge in [0.2, 0.25) is 0 Å². The minimum atomic E-state index is -0.527. The largest absolute Gasteiger partial charge is 0.282 e. The van der Waals surface area contributed by atoms with Crippen molar-refractivity contribution in [3.05, 3.63) is 92.9 Å². The molecule has 0 fully saturated rings. The van der Waals surface area contributed by atoms with Gasteiger partial charge < -0.3 is 0 Å². The van der Waals surface area contributed by atoms with Crippen LogP contribution in [0.5, 0.6) is 0 Å². The molecule has 0 spiro atoms. The van der Waals surface area contributed by atoms with Gasteiger partial charge in [-0.25, -0.2) is 0 Å². The number of nitro benzene ring substituents is 1. The fraction of sp³-hybridized carbons (Fsp3) is 0. The highest BCUT2D eigenvalue weighted by molar-refractivity contribution is 5.64. The Morgan fingerprint density at radius 3 is 2.42 bits per heavy atom. The van der Waals surface area contributed by atoms with Crippen molar-refractivity contribution in [2.75, 3.05) is 0 Å². The lowest BCUT2D eigenvalue weighted by Crippen LogP contribution is -2.20. The molecule has 0 N–H and O–H groups in total. The number of nitriles is 1. The minimum absolute atomic E-state index is 0.0251. The molecule has 0 radical (unpaired) electrons. The van der Waals surface area contributed by atoms with Crippen LogP contribution in [0.1, 0.15) is 5.56 Å². The number of hydrogen-bond donors (Lipinski definition) is 0. The zero-order valence-corrected chi connectivity index (χ0v) is 12.4. The van der Waals surface area contributed by atoms with Gasteiger partial charge in [0.15, 0.2) is 0 Å². The Kier molecular flexibility index (Phi) is 3.91. The average molecular weight is 317 g/mol. The lowest BCUT2D eigenvalue weighted by Gasteiger charge is -2.10. The first-order valence-electron chi connectivity index (χ1n) is 7.07. The maximum Gasteiger partial charge on any atom is 0.273 e. The lowest BCUT2D eigenvalue weighted by atomic mass is 10.1. The zero-order chi connectivity index (χ0) is 17.1. The molecule has 24 heavy (non-hydrogen) atoms. The summed E-state index contributed by atoms with van der Waals surface area (Å²) in [5.41, 5.74) is 1.19. The van der Waals surface area contributed by atoms with E-state index in [4.69, 9.17) is 0 Å². The third-order valence-corrected chi connectivity index (χ3v) is 3.56. The van der Waals surface area contributed by atoms with E-state index in [0.717, 1.165) is 5.56 Å². The van der Waals surface area contributed by atoms with Crippen LogP contribution in [-0.2, 0) is 0 Å². The molecule has 6 nitrogen and oxygen atoms in total. The summed E-state index contributed by atoms with van der Waals surface area (Å²) in [5.74, 6) is 0. The van der Waals surface area contributed by atoms with Crippen molar-refractivity contribution in [3.63, 3.8) is 0 Å². The molecule has 2 aromatic carbocycles. The number of nitrogens with zero attached hydrogens (tertiary/aromatic N) is 3. The van der Waals surface area contributed by atoms with Crippen molar-refractivity contribution >= 4 is 5.69 Å². The second kappa shape index (κ2) is 6.18. The van der Waals surface area contributed by atoms with Crippen LogP contribution in [0.2, 0.25) is 0 Å². The lowest BCUT2D eigenvalue weighted by molar-refractivity contribution is -0.384. The molecule has 0 amide bonds. The number of benzene rings is 2. The van der Waals surface area contributed by atoms with E-state index < -0.39 is 10.5 Å². The van der Waals surface area contributed by atoms with Gasteiger partial charge in [-0.3, -0.25) is 19.5 Å². The number of nitro groups is 1. The molecule has 0 atom stereocenters. The predicted octanol–water partition coefficient (Wildman–Crippen LogP) is 3.28. The third-order valence-electron chi connectivity index (χ3n) is 3.56. The van der Waals surface area contributed by atoms with E-state index in [1.165, 1.54) is 28.8 Å². The van der Waals surface area contributed by atoms with Crippen LogP contribution >= 0.6 is 0 Å². The molecule has 0 saturated heterocycles. The Bertz CT molecular complexity index is 1020. The summed E-state index contributed by atoms with van der Waals surface area (Å²) in [7, 11) is 0. The van der Waals surface area contributed by atoms with Crippen molar-refractivity contribution in [3.8, 4) is 22.9 Å². The molecule has 3 aromatic rings. The first-order chi connectivity index (χ1) is 11.6. The van der Waals surface area contributed by atoms with Crippen LogP contribution < -0.4 is 5.56 Å². The second-order valence-electron chi connectivity index (χ2n) is 5.07. The Morgan fingerprint density at radius 1 is 1.00 bits per heavy atom. The van der Waals surface area contributed by atoms with Crippen molar-refractivity contribution < 1.29 is 4.92 Å². The summed E-state index contributed by atoms with van der Waals surface area (Å²) >= 11 is 0. The molecule has 0 aliphatic heterocycles. The quantitative estimate of drug-likeness (QED) is 0.547. The highest BCUT2D eigenvalue weighted by Crippen LogP contribution is 2.21. The van der Waals surface area contributed by atoms with Crippen molar-refractivity contribution in [2.45, 2.75) is 0 Å². The van der Waals surface area contributed by atoms with E-state index in [-0.39, 0.29) is 11.3 Å². The molecule has 3 rings (SSSR count). The molecule has 1 aromatic heterocycles. The molecular formula is C18H11N3O3. The van der Waals surface area contributed by atoms with Crippen LogP contribution in [0, 0.1) is 21.4 Å². The molecule has 0 aliphatic carbocycles. The van der Waals surface area contributed by atoms with Gasteiger partial charge >= 0.3 is 0 Å². The van der Waals surface area contributed by atoms with Gasteiger partial charge in [-0.05, 0) is 23.3 Å². The smallest absolute Gasteiger partial charge is 0.273 e. The Labute approximate surface area is 137 Å². The summed E-state index contributed by atoms with van der Waals surface area (Å²) in [6, 6.07) is 18.4. The predicted molar refractivity (Wildman–Crippen MR) is 88.8 cm³/mol. The minimum Gasteiger partial charge on any atom is -0.282 e. The summed E-state index contributed by atoms with van der Waals surface area (Å²) < 4.78 is 1.26. The Hall–Kier alpha value is -3.72. The van der Waals surface area contributed by atoms with E-state index in [1.54, 1.807) is 12.3 Å². The zero-order valence-electron chi connectivity index (χ0n) is 12.4. The molecular weight excluding hydrogens is 306 g/mol. The summed E-state index contributed by atoms with van der Waals surface area (Å²) in [5, 5.41) is 20.2. The normalized spacial score (nSPS) is 10.1. The van der Waals surface area contributed by atoms with Gasteiger partial charge in [-0.1, -0.05) is 36.4 Å². The first kappa shape index (κ1) is 15.2. The maximum absolute atomic E-state index is 12.4. The molecule has 0 aliphatic rings. The number of non-ortho nitro benzene ring substituents is 1. The van der Waals surface area contributed by atoms with E-state index in [0.29, 0.717) is 11.3 Å². The Morgan fingerprint density at radius 2 is 1.75 bits per heavy atom. The number of rotatable bonds is 3. The first-order valence-corrected chi connectivity index (χ1v) is 7.07. The van der Waals surface area contributed by atoms with Crippen molar-refractivity contribution in [2.24, 2.45) is 0 Å². The van der Waals surface area contributed by atoms with E-state index in [1.807, 2.05) is 36.4 Å². The van der Waals surface area contributed by atoms with Gasteiger partial charge in [-0.15, -0.1) is 0 Å². The van der Waals surface area contributed by atoms with Crippen LogP contribution in [-0.4, -0.2) is 9.49 Å². The topological polar surface area (TPSA) is 88.9 Å². The third kappa shape index (κ3) is 2.78. The van der Waals surface area contributed by atoms with Crippen molar-refractivity contribution in [1.82, 2.24) is 4.57 Å². The maximum atomic E-state index is 12.4. The molecule has 0 saturated carbocycles. The van der Waals surface area contributed by atoms with Gasteiger partial charge in [0, 0.05) is 18.3 Å². The molecule has 116 valence electrons. The van der Waals surface area contributed by atoms with Gasteiger partial charge in [0.05, 0.1) is 10.6 Å². The number of aromatic nitrogens is 1. The SMILES string of the molecule is N#Cc1cc(-c2ccccc2)cn(-c2cccc([N+](=O)[O-])c2)c1=O. The molecule has 1 heterocycles. The Balaban J connectivity index is 2.25. The molecule has 6 heteroatoms. The van der Waals surface area contributed by atoms with Gasteiger partial charge in [0.25, 0.3) is 11.2 Å². The molecule has 0 bridgehead atoms. The highest BCUT2D eigenvalue weighted by atomic mass is 16.6. The summed E-state index contributed by atoms with van der Waals surface area (Å²) in [6.07, 6.45) is 1.58. The van der Waals surface area contributed by atoms with Gasteiger partial charge in [-0.2, -0.15) is 5.26 Å². The second-order valence-corrected chi connectivity index (χ2v) is 5.07. The van der Waals surface area contributed by atoms with E-state index >= 15 is 0 Å². The summed E-state index contributed by atoms with van der Waals surface area (Å²) in [6.45, 7) is 0.